The average Bonchev–Trinajstić information content (AvgIpc) is 3.10. The SMILES string of the molecule is O=C(Nc1cccc2ccccc12)OCCN(Cc1ccccc1)C(=O)OCCN(C(=O)CCC[n+]1ccccc1)c1cccc(Br)c1.[Cl-]. The summed E-state index contributed by atoms with van der Waals surface area (Å²) in [4.78, 5) is 42.6. The molecule has 1 heterocycles. The minimum Gasteiger partial charge on any atom is -1.00 e. The van der Waals surface area contributed by atoms with E-state index in [1.165, 1.54) is 4.90 Å². The van der Waals surface area contributed by atoms with E-state index in [0.717, 1.165) is 20.8 Å². The topological polar surface area (TPSA) is 92.1 Å². The highest BCUT2D eigenvalue weighted by molar-refractivity contribution is 9.10. The molecule has 0 aliphatic rings. The van der Waals surface area contributed by atoms with Crippen molar-refractivity contribution in [2.45, 2.75) is 25.9 Å². The summed E-state index contributed by atoms with van der Waals surface area (Å²) in [5.74, 6) is -0.0626. The van der Waals surface area contributed by atoms with Gasteiger partial charge in [-0.1, -0.05) is 94.8 Å². The van der Waals surface area contributed by atoms with Crippen molar-refractivity contribution in [3.8, 4) is 0 Å². The molecule has 3 amide bonds. The van der Waals surface area contributed by atoms with Gasteiger partial charge in [0.1, 0.15) is 19.8 Å². The molecule has 0 aliphatic heterocycles. The van der Waals surface area contributed by atoms with E-state index in [1.807, 2.05) is 132 Å². The molecule has 9 nitrogen and oxygen atoms in total. The Morgan fingerprint density at radius 2 is 1.45 bits per heavy atom. The zero-order valence-electron chi connectivity index (χ0n) is 26.9. The van der Waals surface area contributed by atoms with Crippen LogP contribution in [0.3, 0.4) is 0 Å². The maximum atomic E-state index is 13.4. The molecule has 0 fully saturated rings. The van der Waals surface area contributed by atoms with Crippen LogP contribution in [0.4, 0.5) is 21.0 Å². The highest BCUT2D eigenvalue weighted by atomic mass is 79.9. The molecular weight excluding hydrogens is 708 g/mol. The van der Waals surface area contributed by atoms with E-state index in [1.54, 1.807) is 4.90 Å². The summed E-state index contributed by atoms with van der Waals surface area (Å²) in [6.07, 6.45) is 3.75. The van der Waals surface area contributed by atoms with Gasteiger partial charge in [-0.25, -0.2) is 14.2 Å². The Labute approximate surface area is 301 Å². The summed E-state index contributed by atoms with van der Waals surface area (Å²) < 4.78 is 14.1. The first kappa shape index (κ1) is 36.9. The number of ether oxygens (including phenoxy) is 2. The van der Waals surface area contributed by atoms with Gasteiger partial charge >= 0.3 is 12.2 Å². The number of fused-ring (bicyclic) bond motifs is 1. The molecule has 1 aromatic heterocycles. The molecule has 5 rings (SSSR count). The number of hydrogen-bond acceptors (Lipinski definition) is 5. The molecule has 1 N–H and O–H groups in total. The zero-order chi connectivity index (χ0) is 33.6. The molecule has 0 saturated carbocycles. The highest BCUT2D eigenvalue weighted by Crippen LogP contribution is 2.23. The number of rotatable bonds is 14. The molecule has 11 heteroatoms. The Morgan fingerprint density at radius 1 is 0.755 bits per heavy atom. The number of aryl methyl sites for hydroxylation is 1. The lowest BCUT2D eigenvalue weighted by Gasteiger charge is -2.25. The van der Waals surface area contributed by atoms with Crippen LogP contribution in [-0.4, -0.2) is 49.3 Å². The zero-order valence-corrected chi connectivity index (χ0v) is 29.3. The molecule has 49 heavy (non-hydrogen) atoms. The van der Waals surface area contributed by atoms with Gasteiger partial charge in [0, 0.05) is 47.1 Å². The van der Waals surface area contributed by atoms with Gasteiger partial charge in [0.05, 0.1) is 18.8 Å². The number of pyridine rings is 1. The van der Waals surface area contributed by atoms with Crippen molar-refractivity contribution in [1.82, 2.24) is 4.90 Å². The van der Waals surface area contributed by atoms with Crippen molar-refractivity contribution >= 4 is 56.2 Å². The van der Waals surface area contributed by atoms with E-state index in [4.69, 9.17) is 9.47 Å². The first-order valence-electron chi connectivity index (χ1n) is 15.8. The lowest BCUT2D eigenvalue weighted by atomic mass is 10.1. The maximum absolute atomic E-state index is 13.4. The number of amides is 3. The van der Waals surface area contributed by atoms with Gasteiger partial charge < -0.3 is 31.7 Å². The third-order valence-corrected chi connectivity index (χ3v) is 8.13. The Hall–Kier alpha value is -4.93. The molecule has 0 atom stereocenters. The first-order valence-corrected chi connectivity index (χ1v) is 16.6. The number of carbonyl (C=O) groups excluding carboxylic acids is 3. The van der Waals surface area contributed by atoms with Gasteiger partial charge in [-0.2, -0.15) is 0 Å². The summed E-state index contributed by atoms with van der Waals surface area (Å²) in [6, 6.07) is 36.3. The predicted molar refractivity (Wildman–Crippen MR) is 189 cm³/mol. The Morgan fingerprint density at radius 3 is 2.24 bits per heavy atom. The van der Waals surface area contributed by atoms with Crippen LogP contribution in [0.1, 0.15) is 18.4 Å². The van der Waals surface area contributed by atoms with Gasteiger partial charge in [-0.05, 0) is 35.2 Å². The summed E-state index contributed by atoms with van der Waals surface area (Å²) in [5.41, 5.74) is 2.25. The highest BCUT2D eigenvalue weighted by Gasteiger charge is 2.20. The second kappa shape index (κ2) is 19.2. The molecular formula is C38H38BrClN4O5. The third kappa shape index (κ3) is 11.3. The van der Waals surface area contributed by atoms with E-state index < -0.39 is 12.2 Å². The minimum absolute atomic E-state index is 0. The van der Waals surface area contributed by atoms with Crippen molar-refractivity contribution in [2.24, 2.45) is 0 Å². The lowest BCUT2D eigenvalue weighted by molar-refractivity contribution is -0.697. The molecule has 254 valence electrons. The normalized spacial score (nSPS) is 10.5. The van der Waals surface area contributed by atoms with Gasteiger partial charge in [-0.15, -0.1) is 0 Å². The fraction of sp³-hybridized carbons (Fsp3) is 0.211. The van der Waals surface area contributed by atoms with Gasteiger partial charge in [-0.3, -0.25) is 10.1 Å². The van der Waals surface area contributed by atoms with Crippen LogP contribution in [0.2, 0.25) is 0 Å². The van der Waals surface area contributed by atoms with Crippen LogP contribution in [-0.2, 0) is 27.4 Å². The number of hydrogen-bond donors (Lipinski definition) is 1. The smallest absolute Gasteiger partial charge is 0.411 e. The maximum Gasteiger partial charge on any atom is 0.411 e. The van der Waals surface area contributed by atoms with Gasteiger partial charge in [0.2, 0.25) is 5.91 Å². The standard InChI is InChI=1S/C38H37BrN4O5.ClH/c39-32-16-10-17-33(28-32)43(36(44)20-11-23-41-21-7-2-8-22-41)25-27-48-38(46)42(29-30-12-3-1-4-13-30)24-26-47-37(45)40-35-19-9-15-31-14-5-6-18-34(31)35;/h1-10,12-19,21-22,28H,11,20,23-27,29H2;1H. The molecule has 0 aliphatic carbocycles. The van der Waals surface area contributed by atoms with E-state index in [0.29, 0.717) is 30.8 Å². The van der Waals surface area contributed by atoms with E-state index in [9.17, 15) is 14.4 Å². The Kier molecular flexibility index (Phi) is 14.4. The number of carbonyl (C=O) groups is 3. The third-order valence-electron chi connectivity index (χ3n) is 7.64. The lowest BCUT2D eigenvalue weighted by Crippen LogP contribution is -3.00. The molecule has 4 aromatic carbocycles. The summed E-state index contributed by atoms with van der Waals surface area (Å²) in [6.45, 7) is 1.22. The van der Waals surface area contributed by atoms with Crippen molar-refractivity contribution < 1.29 is 40.8 Å². The average molecular weight is 746 g/mol. The fourth-order valence-corrected chi connectivity index (χ4v) is 5.64. The number of nitrogens with zero attached hydrogens (tertiary/aromatic N) is 3. The number of nitrogens with one attached hydrogen (secondary N) is 1. The molecule has 0 radical (unpaired) electrons. The second-order valence-electron chi connectivity index (χ2n) is 11.1. The van der Waals surface area contributed by atoms with Crippen LogP contribution in [0.25, 0.3) is 10.8 Å². The molecule has 0 unspecified atom stereocenters. The summed E-state index contributed by atoms with van der Waals surface area (Å²) in [5, 5.41) is 4.70. The number of aromatic nitrogens is 1. The van der Waals surface area contributed by atoms with Crippen molar-refractivity contribution in [2.75, 3.05) is 36.5 Å². The molecule has 0 bridgehead atoms. The minimum atomic E-state index is -0.617. The van der Waals surface area contributed by atoms with Crippen molar-refractivity contribution in [3.63, 3.8) is 0 Å². The fourth-order valence-electron chi connectivity index (χ4n) is 5.26. The van der Waals surface area contributed by atoms with Crippen molar-refractivity contribution in [1.29, 1.82) is 0 Å². The Bertz CT molecular complexity index is 1810. The number of anilines is 2. The van der Waals surface area contributed by atoms with E-state index >= 15 is 0 Å². The quantitative estimate of drug-likeness (QED) is 0.168. The number of halogens is 2. The van der Waals surface area contributed by atoms with Crippen LogP contribution in [0.5, 0.6) is 0 Å². The second-order valence-corrected chi connectivity index (χ2v) is 12.0. The van der Waals surface area contributed by atoms with E-state index in [2.05, 4.69) is 21.2 Å². The largest absolute Gasteiger partial charge is 1.00 e. The molecule has 0 saturated heterocycles. The number of benzene rings is 4. The van der Waals surface area contributed by atoms with Gasteiger partial charge in [0.15, 0.2) is 12.4 Å². The summed E-state index contributed by atoms with van der Waals surface area (Å²) >= 11 is 3.49. The van der Waals surface area contributed by atoms with E-state index in [-0.39, 0.29) is 51.2 Å². The van der Waals surface area contributed by atoms with Crippen LogP contribution in [0, 0.1) is 0 Å². The van der Waals surface area contributed by atoms with Crippen LogP contribution >= 0.6 is 15.9 Å². The van der Waals surface area contributed by atoms with Gasteiger partial charge in [0.25, 0.3) is 0 Å². The monoisotopic (exact) mass is 744 g/mol. The Balaban J connectivity index is 0.00000541. The molecule has 5 aromatic rings. The predicted octanol–water partition coefficient (Wildman–Crippen LogP) is 4.59. The van der Waals surface area contributed by atoms with Crippen molar-refractivity contribution in [3.05, 3.63) is 138 Å². The first-order chi connectivity index (χ1) is 23.5. The summed E-state index contributed by atoms with van der Waals surface area (Å²) in [7, 11) is 0. The molecule has 0 spiro atoms. The van der Waals surface area contributed by atoms with Crippen LogP contribution in [0.15, 0.2) is 132 Å². The van der Waals surface area contributed by atoms with Crippen LogP contribution < -0.4 is 27.2 Å².